The molecule has 12 nitrogen and oxygen atoms in total. The molecule has 0 unspecified atom stereocenters. The molecule has 3 aromatic carbocycles. The van der Waals surface area contributed by atoms with Gasteiger partial charge in [-0.2, -0.15) is 0 Å². The zero-order valence-corrected chi connectivity index (χ0v) is 22.1. The summed E-state index contributed by atoms with van der Waals surface area (Å²) < 4.78 is 9.95. The van der Waals surface area contributed by atoms with Crippen LogP contribution < -0.4 is 16.3 Å². The Morgan fingerprint density at radius 2 is 1.64 bits per heavy atom. The van der Waals surface area contributed by atoms with E-state index in [1.807, 2.05) is 19.0 Å². The normalized spacial score (nSPS) is 12.5. The number of likely N-dealkylation sites (N-methyl/N-ethyl adjacent to an activating group) is 1. The maximum Gasteiger partial charge on any atom is 0.425 e. The Bertz CT molecular complexity index is 1410. The van der Waals surface area contributed by atoms with E-state index in [1.165, 1.54) is 19.1 Å². The second-order valence-corrected chi connectivity index (χ2v) is 9.16. The predicted octanol–water partition coefficient (Wildman–Crippen LogP) is 3.28. The molecule has 4 amide bonds. The topological polar surface area (TPSA) is 133 Å². The molecule has 0 bridgehead atoms. The summed E-state index contributed by atoms with van der Waals surface area (Å²) in [6, 6.07) is 15.5. The average Bonchev–Trinajstić information content (AvgIpc) is 2.93. The zero-order chi connectivity index (χ0) is 28.1. The van der Waals surface area contributed by atoms with Crippen LogP contribution in [0.4, 0.5) is 21.0 Å². The number of carbonyl (C=O) groups excluding carboxylic acids is 4. The minimum atomic E-state index is -0.690. The van der Waals surface area contributed by atoms with E-state index in [0.717, 1.165) is 10.6 Å². The lowest BCUT2D eigenvalue weighted by Gasteiger charge is -2.28. The molecular formula is C27H30N6O6. The van der Waals surface area contributed by atoms with Gasteiger partial charge < -0.3 is 19.8 Å². The number of benzene rings is 3. The van der Waals surface area contributed by atoms with Crippen molar-refractivity contribution in [2.45, 2.75) is 6.61 Å². The third kappa shape index (κ3) is 6.25. The number of imide groups is 1. The molecule has 0 spiro atoms. The third-order valence-corrected chi connectivity index (χ3v) is 6.09. The van der Waals surface area contributed by atoms with Gasteiger partial charge in [0.1, 0.15) is 6.61 Å². The van der Waals surface area contributed by atoms with Crippen LogP contribution in [0.1, 0.15) is 26.3 Å². The van der Waals surface area contributed by atoms with Gasteiger partial charge in [0, 0.05) is 36.8 Å². The SMILES string of the molecule is COC(=O)N(C)NNc1ccc(COC(=O)Nc2cc3c4c(cccc4c2)C(=O)N(CCN(C)C)C3=O)cc1. The smallest absolute Gasteiger partial charge is 0.425 e. The lowest BCUT2D eigenvalue weighted by molar-refractivity contribution is 0.0601. The van der Waals surface area contributed by atoms with E-state index in [2.05, 4.69) is 21.0 Å². The van der Waals surface area contributed by atoms with Crippen molar-refractivity contribution in [3.05, 3.63) is 71.3 Å². The third-order valence-electron chi connectivity index (χ3n) is 6.09. The van der Waals surface area contributed by atoms with E-state index in [9.17, 15) is 19.2 Å². The molecule has 39 heavy (non-hydrogen) atoms. The van der Waals surface area contributed by atoms with Crippen molar-refractivity contribution in [1.29, 1.82) is 0 Å². The van der Waals surface area contributed by atoms with Crippen LogP contribution in [-0.2, 0) is 16.1 Å². The second kappa shape index (κ2) is 11.8. The van der Waals surface area contributed by atoms with E-state index in [4.69, 9.17) is 4.74 Å². The number of nitrogens with one attached hydrogen (secondary N) is 3. The number of anilines is 2. The number of methoxy groups -OCH3 is 1. The Kier molecular flexibility index (Phi) is 8.27. The van der Waals surface area contributed by atoms with E-state index in [-0.39, 0.29) is 19.1 Å². The van der Waals surface area contributed by atoms with E-state index in [1.54, 1.807) is 54.6 Å². The van der Waals surface area contributed by atoms with Crippen molar-refractivity contribution in [2.24, 2.45) is 0 Å². The van der Waals surface area contributed by atoms with Crippen LogP contribution >= 0.6 is 0 Å². The van der Waals surface area contributed by atoms with Crippen LogP contribution in [0.3, 0.4) is 0 Å². The molecule has 0 fully saturated rings. The molecule has 0 aromatic heterocycles. The molecule has 0 atom stereocenters. The van der Waals surface area contributed by atoms with Gasteiger partial charge in [-0.05, 0) is 55.4 Å². The van der Waals surface area contributed by atoms with E-state index in [0.29, 0.717) is 39.8 Å². The van der Waals surface area contributed by atoms with Crippen molar-refractivity contribution in [2.75, 3.05) is 52.1 Å². The quantitative estimate of drug-likeness (QED) is 0.279. The molecule has 3 N–H and O–H groups in total. The van der Waals surface area contributed by atoms with E-state index < -0.39 is 18.1 Å². The molecular weight excluding hydrogens is 504 g/mol. The Labute approximate surface area is 225 Å². The maximum atomic E-state index is 13.2. The van der Waals surface area contributed by atoms with Gasteiger partial charge in [0.2, 0.25) is 0 Å². The first kappa shape index (κ1) is 27.4. The van der Waals surface area contributed by atoms with Crippen molar-refractivity contribution in [3.63, 3.8) is 0 Å². The highest BCUT2D eigenvalue weighted by Gasteiger charge is 2.33. The van der Waals surface area contributed by atoms with Crippen LogP contribution in [0, 0.1) is 0 Å². The molecule has 0 saturated carbocycles. The van der Waals surface area contributed by atoms with Gasteiger partial charge in [0.05, 0.1) is 18.4 Å². The summed E-state index contributed by atoms with van der Waals surface area (Å²) >= 11 is 0. The predicted molar refractivity (Wildman–Crippen MR) is 145 cm³/mol. The average molecular weight is 535 g/mol. The Balaban J connectivity index is 1.41. The first-order valence-corrected chi connectivity index (χ1v) is 12.1. The minimum Gasteiger partial charge on any atom is -0.452 e. The fourth-order valence-corrected chi connectivity index (χ4v) is 4.05. The summed E-state index contributed by atoms with van der Waals surface area (Å²) in [5.41, 5.74) is 8.11. The van der Waals surface area contributed by atoms with Gasteiger partial charge in [-0.25, -0.2) is 14.6 Å². The monoisotopic (exact) mass is 534 g/mol. The van der Waals surface area contributed by atoms with Gasteiger partial charge in [0.15, 0.2) is 0 Å². The molecule has 0 radical (unpaired) electrons. The number of ether oxygens (including phenoxy) is 2. The van der Waals surface area contributed by atoms with E-state index >= 15 is 0 Å². The molecule has 1 aliphatic rings. The molecule has 0 aliphatic carbocycles. The minimum absolute atomic E-state index is 0.0118. The molecule has 1 aliphatic heterocycles. The van der Waals surface area contributed by atoms with Gasteiger partial charge in [-0.3, -0.25) is 19.8 Å². The van der Waals surface area contributed by atoms with Gasteiger partial charge in [-0.15, -0.1) is 5.53 Å². The number of nitrogens with zero attached hydrogens (tertiary/aromatic N) is 3. The summed E-state index contributed by atoms with van der Waals surface area (Å²) in [6.45, 7) is 0.801. The Hall–Kier alpha value is -4.68. The highest BCUT2D eigenvalue weighted by atomic mass is 16.6. The van der Waals surface area contributed by atoms with Crippen molar-refractivity contribution in [3.8, 4) is 0 Å². The molecule has 4 rings (SSSR count). The van der Waals surface area contributed by atoms with Gasteiger partial charge in [0.25, 0.3) is 11.8 Å². The first-order chi connectivity index (χ1) is 18.7. The lowest BCUT2D eigenvalue weighted by atomic mass is 9.93. The van der Waals surface area contributed by atoms with Gasteiger partial charge in [-0.1, -0.05) is 24.3 Å². The maximum absolute atomic E-state index is 13.2. The summed E-state index contributed by atoms with van der Waals surface area (Å²) in [6.07, 6.45) is -1.25. The Morgan fingerprint density at radius 1 is 0.923 bits per heavy atom. The van der Waals surface area contributed by atoms with Crippen molar-refractivity contribution in [1.82, 2.24) is 20.3 Å². The fourth-order valence-electron chi connectivity index (χ4n) is 4.05. The van der Waals surface area contributed by atoms with Gasteiger partial charge >= 0.3 is 12.2 Å². The lowest BCUT2D eigenvalue weighted by Crippen LogP contribution is -2.43. The molecule has 0 saturated heterocycles. The number of amides is 4. The molecule has 204 valence electrons. The highest BCUT2D eigenvalue weighted by molar-refractivity contribution is 6.26. The number of rotatable bonds is 9. The van der Waals surface area contributed by atoms with Crippen molar-refractivity contribution < 1.29 is 28.7 Å². The summed E-state index contributed by atoms with van der Waals surface area (Å²) in [7, 11) is 6.52. The van der Waals surface area contributed by atoms with Crippen LogP contribution in [0.15, 0.2) is 54.6 Å². The van der Waals surface area contributed by atoms with Crippen LogP contribution in [0.5, 0.6) is 0 Å². The first-order valence-electron chi connectivity index (χ1n) is 12.1. The highest BCUT2D eigenvalue weighted by Crippen LogP contribution is 2.33. The fraction of sp³-hybridized carbons (Fsp3) is 0.259. The van der Waals surface area contributed by atoms with Crippen LogP contribution in [-0.4, -0.2) is 80.2 Å². The number of hydrogen-bond donors (Lipinski definition) is 3. The van der Waals surface area contributed by atoms with Crippen molar-refractivity contribution >= 4 is 46.1 Å². The summed E-state index contributed by atoms with van der Waals surface area (Å²) in [4.78, 5) is 53.3. The molecule has 12 heteroatoms. The summed E-state index contributed by atoms with van der Waals surface area (Å²) in [5, 5.41) is 5.07. The zero-order valence-electron chi connectivity index (χ0n) is 22.1. The summed E-state index contributed by atoms with van der Waals surface area (Å²) in [5.74, 6) is -0.726. The largest absolute Gasteiger partial charge is 0.452 e. The number of carbonyl (C=O) groups is 4. The standard InChI is InChI=1S/C27H30N6O6/c1-31(2)12-13-33-24(34)21-7-5-6-18-14-20(15-22(23(18)21)25(33)35)28-26(36)39-16-17-8-10-19(11-9-17)29-30-32(3)27(37)38-4/h5-11,14-15,29-30H,12-13,16H2,1-4H3,(H,28,36). The second-order valence-electron chi connectivity index (χ2n) is 9.16. The molecule has 3 aromatic rings. The molecule has 1 heterocycles. The van der Waals surface area contributed by atoms with Crippen LogP contribution in [0.2, 0.25) is 0 Å². The van der Waals surface area contributed by atoms with Crippen LogP contribution in [0.25, 0.3) is 10.8 Å². The Morgan fingerprint density at radius 3 is 2.33 bits per heavy atom. The number of hydrogen-bond acceptors (Lipinski definition) is 9. The number of hydrazine groups is 2.